The SMILES string of the molecule is CC(C)(C)c1ccc(CC(NC(=O)C(CCC(N)=O)NC(=O)[C@@H]2CC[C@@H]3CCN(CC(F)F)C[C@H](NC(=O)c4cc5cc(C(F)(F)P(=O)(O)O)ccc5s4)C(=O)N32)C(=O)N2CCN(CCNc3cccc4c3CN(C3CCC(=O)NC3=O)C4=O)CC2)cc1. The summed E-state index contributed by atoms with van der Waals surface area (Å²) in [5.41, 5.74) is 3.54. The molecule has 29 heteroatoms. The van der Waals surface area contributed by atoms with Crippen LogP contribution in [0.1, 0.15) is 108 Å². The number of nitrogens with two attached hydrogens (primary N) is 1. The second-order valence-electron chi connectivity index (χ2n) is 24.0. The van der Waals surface area contributed by atoms with Crippen molar-refractivity contribution in [3.05, 3.63) is 99.4 Å². The summed E-state index contributed by atoms with van der Waals surface area (Å²) in [5.74, 6) is -5.71. The van der Waals surface area contributed by atoms with Crippen molar-refractivity contribution >= 4 is 87.9 Å². The number of hydrogen-bond acceptors (Lipinski definition) is 14. The molecule has 23 nitrogen and oxygen atoms in total. The number of anilines is 1. The Morgan fingerprint density at radius 2 is 1.57 bits per heavy atom. The first-order valence-electron chi connectivity index (χ1n) is 29.2. The zero-order valence-corrected chi connectivity index (χ0v) is 50.5. The number of primary amides is 1. The standard InChI is InChI=1S/C59H72F4N11O12PS/c1-58(2,3)35-9-7-33(8-10-35)27-42(56(82)72-25-23-70(24-26-72)22-20-65-40-6-4-5-38-39(40)30-73(55(38)81)44-15-18-50(76)69-52(44)78)67-51(77)41(13-17-49(64)75)66-53(79)45-14-12-37-19-21-71(32-48(60)61)31-43(57(83)74(37)45)68-54(80)47-29-34-28-36(11-16-46(34)88-47)59(62,63)87(84,85)86/h4-11,16,28-29,37,41-45,48,65H,12-15,17-27,30-32H2,1-3H3,(H2,64,75)(H,66,79)(H,67,77)(H,68,80)(H,69,76,78)(H2,84,85,86)/t37-,41?,42?,43+,44?,45+/m1/s1. The molecule has 4 saturated heterocycles. The Morgan fingerprint density at radius 3 is 2.24 bits per heavy atom. The Hall–Kier alpha value is -7.36. The van der Waals surface area contributed by atoms with Crippen LogP contribution in [-0.4, -0.2) is 189 Å². The van der Waals surface area contributed by atoms with Crippen LogP contribution in [0.3, 0.4) is 0 Å². The normalized spacial score (nSPS) is 21.3. The highest BCUT2D eigenvalue weighted by molar-refractivity contribution is 7.52. The molecule has 9 amide bonds. The van der Waals surface area contributed by atoms with Gasteiger partial charge < -0.3 is 51.5 Å². The summed E-state index contributed by atoms with van der Waals surface area (Å²) in [4.78, 5) is 149. The third-order valence-electron chi connectivity index (χ3n) is 16.9. The first kappa shape index (κ1) is 65.1. The fourth-order valence-corrected chi connectivity index (χ4v) is 13.5. The Morgan fingerprint density at radius 1 is 0.852 bits per heavy atom. The van der Waals surface area contributed by atoms with Gasteiger partial charge in [0.1, 0.15) is 30.2 Å². The van der Waals surface area contributed by atoms with Crippen molar-refractivity contribution in [1.82, 2.24) is 45.8 Å². The highest BCUT2D eigenvalue weighted by Gasteiger charge is 2.51. The molecule has 0 radical (unpaired) electrons. The molecule has 0 aliphatic carbocycles. The van der Waals surface area contributed by atoms with Crippen molar-refractivity contribution in [2.75, 3.05) is 64.2 Å². The van der Waals surface area contributed by atoms with Gasteiger partial charge in [-0.15, -0.1) is 11.3 Å². The van der Waals surface area contributed by atoms with Gasteiger partial charge in [0.15, 0.2) is 0 Å². The number of hydrogen-bond donors (Lipinski definition) is 8. The van der Waals surface area contributed by atoms with Crippen LogP contribution in [0.25, 0.3) is 10.1 Å². The van der Waals surface area contributed by atoms with Crippen molar-refractivity contribution < 1.29 is 75.1 Å². The van der Waals surface area contributed by atoms with Gasteiger partial charge in [0.2, 0.25) is 41.4 Å². The Kier molecular flexibility index (Phi) is 19.8. The number of fused-ring (bicyclic) bond motifs is 3. The van der Waals surface area contributed by atoms with Crippen LogP contribution in [0.15, 0.2) is 66.7 Å². The maximum atomic E-state index is 14.8. The fourth-order valence-electron chi connectivity index (χ4n) is 12.1. The summed E-state index contributed by atoms with van der Waals surface area (Å²) >= 11 is 0.813. The summed E-state index contributed by atoms with van der Waals surface area (Å²) in [6.07, 6.45) is -2.66. The van der Waals surface area contributed by atoms with E-state index in [1.54, 1.807) is 17.0 Å². The van der Waals surface area contributed by atoms with E-state index in [1.807, 2.05) is 30.3 Å². The number of imide groups is 1. The van der Waals surface area contributed by atoms with Crippen molar-refractivity contribution in [1.29, 1.82) is 0 Å². The van der Waals surface area contributed by atoms with Crippen LogP contribution in [0, 0.1) is 0 Å². The van der Waals surface area contributed by atoms with Crippen LogP contribution in [0.2, 0.25) is 0 Å². The molecule has 5 aliphatic heterocycles. The molecule has 9 N–H and O–H groups in total. The average Bonchev–Trinajstić information content (AvgIpc) is 1.73. The van der Waals surface area contributed by atoms with E-state index < -0.39 is 116 Å². The largest absolute Gasteiger partial charge is 0.399 e. The average molecular weight is 1270 g/mol. The third-order valence-corrected chi connectivity index (χ3v) is 19.0. The minimum atomic E-state index is -5.94. The van der Waals surface area contributed by atoms with Gasteiger partial charge in [-0.3, -0.25) is 62.8 Å². The molecule has 6 heterocycles. The summed E-state index contributed by atoms with van der Waals surface area (Å²) in [6, 6.07) is 10.0. The third kappa shape index (κ3) is 14.9. The number of carbonyl (C=O) groups is 9. The van der Waals surface area contributed by atoms with Crippen molar-refractivity contribution in [3.63, 3.8) is 0 Å². The highest BCUT2D eigenvalue weighted by Crippen LogP contribution is 2.59. The second-order valence-corrected chi connectivity index (χ2v) is 26.7. The lowest BCUT2D eigenvalue weighted by atomic mass is 9.86. The van der Waals surface area contributed by atoms with Crippen LogP contribution >= 0.6 is 18.9 Å². The molecule has 4 aromatic rings. The number of alkyl halides is 4. The first-order valence-corrected chi connectivity index (χ1v) is 31.6. The molecule has 88 heavy (non-hydrogen) atoms. The van der Waals surface area contributed by atoms with Gasteiger partial charge in [-0.25, -0.2) is 8.78 Å². The van der Waals surface area contributed by atoms with Crippen LogP contribution < -0.4 is 32.3 Å². The van der Waals surface area contributed by atoms with Gasteiger partial charge >= 0.3 is 13.3 Å². The zero-order valence-electron chi connectivity index (χ0n) is 48.8. The molecule has 5 aliphatic rings. The molecule has 9 rings (SSSR count). The smallest absolute Gasteiger partial charge is 0.383 e. The summed E-state index contributed by atoms with van der Waals surface area (Å²) < 4.78 is 69.0. The molecular weight excluding hydrogens is 1190 g/mol. The molecule has 1 aromatic heterocycles. The number of piperazine rings is 1. The molecule has 6 atom stereocenters. The maximum Gasteiger partial charge on any atom is 0.399 e. The number of halogens is 4. The number of thiophene rings is 1. The van der Waals surface area contributed by atoms with E-state index in [4.69, 9.17) is 5.73 Å². The molecule has 474 valence electrons. The van der Waals surface area contributed by atoms with Gasteiger partial charge in [0.05, 0.1) is 11.4 Å². The lowest BCUT2D eigenvalue weighted by molar-refractivity contribution is -0.144. The molecule has 3 aromatic carbocycles. The predicted molar refractivity (Wildman–Crippen MR) is 315 cm³/mol. The monoisotopic (exact) mass is 1270 g/mol. The Bertz CT molecular complexity index is 3410. The highest BCUT2D eigenvalue weighted by atomic mass is 32.1. The molecule has 0 spiro atoms. The van der Waals surface area contributed by atoms with E-state index in [0.717, 1.165) is 46.4 Å². The number of carbonyl (C=O) groups excluding carboxylic acids is 9. The van der Waals surface area contributed by atoms with Gasteiger partial charge in [-0.05, 0) is 84.4 Å². The van der Waals surface area contributed by atoms with Gasteiger partial charge in [0.25, 0.3) is 18.2 Å². The molecule has 0 bridgehead atoms. The van der Waals surface area contributed by atoms with Gasteiger partial charge in [-0.1, -0.05) is 57.2 Å². The minimum Gasteiger partial charge on any atom is -0.383 e. The van der Waals surface area contributed by atoms with Crippen LogP contribution in [-0.2, 0) is 62.2 Å². The summed E-state index contributed by atoms with van der Waals surface area (Å²) in [7, 11) is -5.94. The topological polar surface area (TPSA) is 314 Å². The fraction of sp³-hybridized carbons (Fsp3) is 0.508. The summed E-state index contributed by atoms with van der Waals surface area (Å²) in [5, 5.41) is 13.9. The number of nitrogens with one attached hydrogen (secondary N) is 5. The van der Waals surface area contributed by atoms with Gasteiger partial charge in [0, 0.05) is 111 Å². The molecule has 0 saturated carbocycles. The lowest BCUT2D eigenvalue weighted by Crippen LogP contribution is -2.62. The zero-order chi connectivity index (χ0) is 63.6. The number of piperidine rings is 1. The summed E-state index contributed by atoms with van der Waals surface area (Å²) in [6.45, 7) is 7.75. The van der Waals surface area contributed by atoms with E-state index in [2.05, 4.69) is 52.3 Å². The van der Waals surface area contributed by atoms with Crippen LogP contribution in [0.5, 0.6) is 0 Å². The van der Waals surface area contributed by atoms with Crippen molar-refractivity contribution in [2.45, 2.75) is 132 Å². The van der Waals surface area contributed by atoms with E-state index >= 15 is 0 Å². The lowest BCUT2D eigenvalue weighted by Gasteiger charge is -2.39. The quantitative estimate of drug-likeness (QED) is 0.0337. The van der Waals surface area contributed by atoms with Gasteiger partial charge in [-0.2, -0.15) is 8.78 Å². The van der Waals surface area contributed by atoms with E-state index in [-0.39, 0.29) is 110 Å². The predicted octanol–water partition coefficient (Wildman–Crippen LogP) is 3.35. The number of amides is 9. The molecule has 3 unspecified atom stereocenters. The first-order chi connectivity index (χ1) is 41.6. The number of nitrogens with zero attached hydrogens (tertiary/aromatic N) is 5. The van der Waals surface area contributed by atoms with E-state index in [1.165, 1.54) is 20.8 Å². The minimum absolute atomic E-state index is 0.0266. The Balaban J connectivity index is 0.875. The van der Waals surface area contributed by atoms with Crippen molar-refractivity contribution in [2.24, 2.45) is 5.73 Å². The molecular formula is C59H72F4N11O12PS. The molecule has 4 fully saturated rings. The number of benzene rings is 3. The van der Waals surface area contributed by atoms with E-state index in [9.17, 15) is 75.1 Å². The maximum absolute atomic E-state index is 14.8. The van der Waals surface area contributed by atoms with Crippen LogP contribution in [0.4, 0.5) is 23.2 Å². The number of rotatable bonds is 21. The second kappa shape index (κ2) is 26.8. The van der Waals surface area contributed by atoms with Crippen molar-refractivity contribution in [3.8, 4) is 0 Å². The Labute approximate surface area is 508 Å². The van der Waals surface area contributed by atoms with E-state index in [0.29, 0.717) is 37.3 Å².